The zero-order valence-electron chi connectivity index (χ0n) is 5.82. The molecule has 1 aliphatic rings. The van der Waals surface area contributed by atoms with E-state index in [1.54, 1.807) is 6.20 Å². The van der Waals surface area contributed by atoms with Crippen molar-refractivity contribution < 1.29 is 9.15 Å². The monoisotopic (exact) mass is 155 g/mol. The summed E-state index contributed by atoms with van der Waals surface area (Å²) in [6.07, 6.45) is 7.03. The van der Waals surface area contributed by atoms with Crippen LogP contribution in [0.1, 0.15) is 12.8 Å². The van der Waals surface area contributed by atoms with Gasteiger partial charge in [-0.15, -0.1) is 0 Å². The molecule has 11 heavy (non-hydrogen) atoms. The van der Waals surface area contributed by atoms with Crippen molar-refractivity contribution in [2.75, 3.05) is 13.2 Å². The molecule has 0 aliphatic carbocycles. The maximum Gasteiger partial charge on any atom is 0.180 e. The predicted molar refractivity (Wildman–Crippen MR) is 46.5 cm³/mol. The second-order valence-electron chi connectivity index (χ2n) is 2.00. The van der Waals surface area contributed by atoms with Crippen LogP contribution in [-0.2, 0) is 4.74 Å². The molecular formula is C7H14BNO2. The lowest BCUT2D eigenvalue weighted by molar-refractivity contribution is 0.198. The van der Waals surface area contributed by atoms with E-state index in [-0.39, 0.29) is 8.41 Å². The number of ether oxygens (including phenoxy) is 1. The third-order valence-electron chi connectivity index (χ3n) is 1.17. The lowest BCUT2D eigenvalue weighted by Crippen LogP contribution is -1.74. The Labute approximate surface area is 68.3 Å². The van der Waals surface area contributed by atoms with Crippen LogP contribution in [0, 0.1) is 0 Å². The fourth-order valence-electron chi connectivity index (χ4n) is 0.686. The van der Waals surface area contributed by atoms with Gasteiger partial charge in [-0.05, 0) is 12.8 Å². The largest absolute Gasteiger partial charge is 0.452 e. The van der Waals surface area contributed by atoms with Gasteiger partial charge < -0.3 is 9.15 Å². The molecule has 2 rings (SSSR count). The van der Waals surface area contributed by atoms with Crippen LogP contribution in [0.25, 0.3) is 0 Å². The maximum atomic E-state index is 4.94. The highest BCUT2D eigenvalue weighted by molar-refractivity contribution is 5.75. The topological polar surface area (TPSA) is 35.3 Å². The van der Waals surface area contributed by atoms with Crippen LogP contribution in [0.3, 0.4) is 0 Å². The minimum absolute atomic E-state index is 0. The maximum absolute atomic E-state index is 4.94. The molecule has 2 heterocycles. The van der Waals surface area contributed by atoms with Gasteiger partial charge in [-0.2, -0.15) is 0 Å². The van der Waals surface area contributed by atoms with Crippen molar-refractivity contribution in [2.24, 2.45) is 0 Å². The molecule has 1 aromatic heterocycles. The second kappa shape index (κ2) is 7.34. The third kappa shape index (κ3) is 5.67. The van der Waals surface area contributed by atoms with E-state index >= 15 is 0 Å². The number of hydrogen-bond donors (Lipinski definition) is 0. The first kappa shape index (κ1) is 10.2. The zero-order valence-corrected chi connectivity index (χ0v) is 5.82. The minimum atomic E-state index is 0. The quantitative estimate of drug-likeness (QED) is 0.505. The van der Waals surface area contributed by atoms with Gasteiger partial charge >= 0.3 is 0 Å². The van der Waals surface area contributed by atoms with Crippen LogP contribution in [0.15, 0.2) is 23.3 Å². The van der Waals surface area contributed by atoms with Gasteiger partial charge in [-0.1, -0.05) is 0 Å². The SMILES string of the molecule is B.C1CCOC1.c1cocn1. The molecule has 0 radical (unpaired) electrons. The van der Waals surface area contributed by atoms with Crippen molar-refractivity contribution in [3.63, 3.8) is 0 Å². The normalized spacial score (nSPS) is 14.5. The van der Waals surface area contributed by atoms with Crippen molar-refractivity contribution in [3.8, 4) is 0 Å². The summed E-state index contributed by atoms with van der Waals surface area (Å²) in [4.78, 5) is 3.56. The lowest BCUT2D eigenvalue weighted by atomic mass is 10.4. The molecule has 4 heteroatoms. The second-order valence-corrected chi connectivity index (χ2v) is 2.00. The Hall–Kier alpha value is -0.765. The molecular weight excluding hydrogens is 141 g/mol. The number of hydrogen-bond acceptors (Lipinski definition) is 3. The Balaban J connectivity index is 0.000000167. The molecule has 0 unspecified atom stereocenters. The van der Waals surface area contributed by atoms with E-state index in [4.69, 9.17) is 4.74 Å². The summed E-state index contributed by atoms with van der Waals surface area (Å²) in [6, 6.07) is 0. The average Bonchev–Trinajstić information content (AvgIpc) is 2.67. The van der Waals surface area contributed by atoms with Crippen LogP contribution in [-0.4, -0.2) is 26.6 Å². The zero-order chi connectivity index (χ0) is 7.07. The minimum Gasteiger partial charge on any atom is -0.452 e. The molecule has 0 bridgehead atoms. The molecule has 1 aliphatic heterocycles. The van der Waals surface area contributed by atoms with Gasteiger partial charge in [0.05, 0.1) is 14.6 Å². The molecule has 1 aromatic rings. The molecule has 0 amide bonds. The average molecular weight is 155 g/mol. The summed E-state index contributed by atoms with van der Waals surface area (Å²) in [6.45, 7) is 2.00. The van der Waals surface area contributed by atoms with Gasteiger partial charge in [-0.3, -0.25) is 0 Å². The van der Waals surface area contributed by atoms with Gasteiger partial charge in [0.25, 0.3) is 0 Å². The Morgan fingerprint density at radius 2 is 1.91 bits per heavy atom. The standard InChI is InChI=1S/C4H8O.C3H3NO.BH3/c1-2-4-5-3-1;1-2-5-3-4-1;/h1-4H2;1-3H;1H3. The summed E-state index contributed by atoms with van der Waals surface area (Å²) in [5.74, 6) is 0. The summed E-state index contributed by atoms with van der Waals surface area (Å²) in [5, 5.41) is 0. The molecule has 1 fully saturated rings. The summed E-state index contributed by atoms with van der Waals surface area (Å²) in [7, 11) is 0. The van der Waals surface area contributed by atoms with Crippen molar-refractivity contribution >= 4 is 8.41 Å². The Morgan fingerprint density at radius 3 is 2.09 bits per heavy atom. The number of aromatic nitrogens is 1. The van der Waals surface area contributed by atoms with E-state index in [1.165, 1.54) is 25.5 Å². The number of oxazole rings is 1. The summed E-state index contributed by atoms with van der Waals surface area (Å²) >= 11 is 0. The lowest BCUT2D eigenvalue weighted by Gasteiger charge is -1.76. The molecule has 0 aromatic carbocycles. The van der Waals surface area contributed by atoms with E-state index in [1.807, 2.05) is 0 Å². The van der Waals surface area contributed by atoms with Gasteiger partial charge in [0.1, 0.15) is 6.26 Å². The van der Waals surface area contributed by atoms with E-state index in [2.05, 4.69) is 9.40 Å². The van der Waals surface area contributed by atoms with Gasteiger partial charge in [0, 0.05) is 13.2 Å². The van der Waals surface area contributed by atoms with Crippen LogP contribution in [0.4, 0.5) is 0 Å². The summed E-state index contributed by atoms with van der Waals surface area (Å²) < 4.78 is 9.42. The fourth-order valence-corrected chi connectivity index (χ4v) is 0.686. The van der Waals surface area contributed by atoms with Crippen LogP contribution >= 0.6 is 0 Å². The smallest absolute Gasteiger partial charge is 0.180 e. The Morgan fingerprint density at radius 1 is 1.18 bits per heavy atom. The van der Waals surface area contributed by atoms with Crippen LogP contribution in [0.2, 0.25) is 0 Å². The first-order chi connectivity index (χ1) is 5.00. The molecule has 0 N–H and O–H groups in total. The van der Waals surface area contributed by atoms with E-state index in [0.717, 1.165) is 13.2 Å². The van der Waals surface area contributed by atoms with Crippen molar-refractivity contribution in [1.29, 1.82) is 0 Å². The predicted octanol–water partition coefficient (Wildman–Crippen LogP) is 0.287. The van der Waals surface area contributed by atoms with Gasteiger partial charge in [0.2, 0.25) is 0 Å². The molecule has 3 nitrogen and oxygen atoms in total. The molecule has 0 saturated carbocycles. The van der Waals surface area contributed by atoms with Crippen molar-refractivity contribution in [1.82, 2.24) is 4.98 Å². The first-order valence-electron chi connectivity index (χ1n) is 3.40. The van der Waals surface area contributed by atoms with Crippen molar-refractivity contribution in [2.45, 2.75) is 12.8 Å². The van der Waals surface area contributed by atoms with Gasteiger partial charge in [-0.25, -0.2) is 4.98 Å². The third-order valence-corrected chi connectivity index (χ3v) is 1.17. The number of nitrogens with zero attached hydrogens (tertiary/aromatic N) is 1. The highest BCUT2D eigenvalue weighted by atomic mass is 16.5. The molecule has 62 valence electrons. The Bertz CT molecular complexity index is 115. The number of rotatable bonds is 0. The van der Waals surface area contributed by atoms with Crippen LogP contribution < -0.4 is 0 Å². The highest BCUT2D eigenvalue weighted by Crippen LogP contribution is 1.98. The molecule has 0 atom stereocenters. The Kier molecular flexibility index (Phi) is 6.83. The summed E-state index contributed by atoms with van der Waals surface area (Å²) in [5.41, 5.74) is 0. The molecule has 1 saturated heterocycles. The van der Waals surface area contributed by atoms with Gasteiger partial charge in [0.15, 0.2) is 6.39 Å². The van der Waals surface area contributed by atoms with Crippen molar-refractivity contribution in [3.05, 3.63) is 18.9 Å². The van der Waals surface area contributed by atoms with E-state index in [0.29, 0.717) is 0 Å². The van der Waals surface area contributed by atoms with E-state index < -0.39 is 0 Å². The fraction of sp³-hybridized carbons (Fsp3) is 0.571. The molecule has 0 spiro atoms. The van der Waals surface area contributed by atoms with Crippen LogP contribution in [0.5, 0.6) is 0 Å². The highest BCUT2D eigenvalue weighted by Gasteiger charge is 1.94. The first-order valence-corrected chi connectivity index (χ1v) is 3.40. The van der Waals surface area contributed by atoms with E-state index in [9.17, 15) is 0 Å².